The Morgan fingerprint density at radius 3 is 2.83 bits per heavy atom. The van der Waals surface area contributed by atoms with Crippen LogP contribution in [0.1, 0.15) is 18.5 Å². The summed E-state index contributed by atoms with van der Waals surface area (Å²) in [6, 6.07) is 7.91. The molecule has 3 heterocycles. The summed E-state index contributed by atoms with van der Waals surface area (Å²) < 4.78 is 7.20. The standard InChI is InChI=1S/C17H20N4O2/c1-21-13(10-17(22)6-8-23-9-7-17)14-11-4-2-3-5-12(11)19-16(18)15(14)20-21/h2-5,22H,6-10H2,1H3,(H2,18,19). The summed E-state index contributed by atoms with van der Waals surface area (Å²) in [6.45, 7) is 1.19. The zero-order chi connectivity index (χ0) is 16.0. The molecule has 1 fully saturated rings. The summed E-state index contributed by atoms with van der Waals surface area (Å²) in [4.78, 5) is 4.44. The van der Waals surface area contributed by atoms with Gasteiger partial charge in [0.2, 0.25) is 0 Å². The second kappa shape index (κ2) is 5.18. The van der Waals surface area contributed by atoms with Crippen LogP contribution in [0.15, 0.2) is 24.3 Å². The van der Waals surface area contributed by atoms with Gasteiger partial charge >= 0.3 is 0 Å². The number of rotatable bonds is 2. The highest BCUT2D eigenvalue weighted by molar-refractivity contribution is 6.09. The molecule has 6 heteroatoms. The first-order valence-corrected chi connectivity index (χ1v) is 7.87. The number of para-hydroxylation sites is 1. The molecular weight excluding hydrogens is 292 g/mol. The van der Waals surface area contributed by atoms with Gasteiger partial charge in [0.1, 0.15) is 5.52 Å². The van der Waals surface area contributed by atoms with E-state index in [1.54, 1.807) is 0 Å². The molecule has 1 aliphatic rings. The molecule has 6 nitrogen and oxygen atoms in total. The van der Waals surface area contributed by atoms with Crippen molar-refractivity contribution in [2.45, 2.75) is 24.9 Å². The van der Waals surface area contributed by atoms with E-state index < -0.39 is 5.60 Å². The van der Waals surface area contributed by atoms with E-state index in [-0.39, 0.29) is 0 Å². The van der Waals surface area contributed by atoms with Crippen LogP contribution >= 0.6 is 0 Å². The Morgan fingerprint density at radius 1 is 1.30 bits per heavy atom. The van der Waals surface area contributed by atoms with Gasteiger partial charge < -0.3 is 15.6 Å². The van der Waals surface area contributed by atoms with E-state index >= 15 is 0 Å². The van der Waals surface area contributed by atoms with Gasteiger partial charge in [0.15, 0.2) is 5.82 Å². The van der Waals surface area contributed by atoms with Gasteiger partial charge in [0.25, 0.3) is 0 Å². The van der Waals surface area contributed by atoms with Gasteiger partial charge in [-0.25, -0.2) is 4.98 Å². The molecule has 3 N–H and O–H groups in total. The van der Waals surface area contributed by atoms with E-state index in [1.165, 1.54) is 0 Å². The second-order valence-corrected chi connectivity index (χ2v) is 6.32. The van der Waals surface area contributed by atoms with Gasteiger partial charge in [-0.3, -0.25) is 4.68 Å². The molecule has 0 bridgehead atoms. The number of nitrogens with two attached hydrogens (primary N) is 1. The zero-order valence-electron chi connectivity index (χ0n) is 13.1. The highest BCUT2D eigenvalue weighted by Crippen LogP contribution is 2.33. The molecule has 0 aliphatic carbocycles. The molecule has 0 amide bonds. The SMILES string of the molecule is Cn1nc2c(N)nc3ccccc3c2c1CC1(O)CCOCC1. The van der Waals surface area contributed by atoms with Crippen molar-refractivity contribution in [3.63, 3.8) is 0 Å². The summed E-state index contributed by atoms with van der Waals surface area (Å²) in [5, 5.41) is 17.5. The summed E-state index contributed by atoms with van der Waals surface area (Å²) in [5.41, 5.74) is 7.90. The number of aliphatic hydroxyl groups is 1. The number of fused-ring (bicyclic) bond motifs is 3. The van der Waals surface area contributed by atoms with Crippen molar-refractivity contribution >= 4 is 27.6 Å². The number of hydrogen-bond acceptors (Lipinski definition) is 5. The molecule has 1 aromatic carbocycles. The van der Waals surface area contributed by atoms with Crippen molar-refractivity contribution in [3.8, 4) is 0 Å². The highest BCUT2D eigenvalue weighted by atomic mass is 16.5. The minimum Gasteiger partial charge on any atom is -0.389 e. The van der Waals surface area contributed by atoms with Crippen molar-refractivity contribution in [1.82, 2.24) is 14.8 Å². The van der Waals surface area contributed by atoms with Crippen LogP contribution in [0.5, 0.6) is 0 Å². The Labute approximate surface area is 133 Å². The van der Waals surface area contributed by atoms with Crippen molar-refractivity contribution in [3.05, 3.63) is 30.0 Å². The normalized spacial score (nSPS) is 17.8. The number of nitrogens with zero attached hydrogens (tertiary/aromatic N) is 3. The number of hydrogen-bond donors (Lipinski definition) is 2. The summed E-state index contributed by atoms with van der Waals surface area (Å²) in [6.07, 6.45) is 1.81. The number of aromatic nitrogens is 3. The lowest BCUT2D eigenvalue weighted by atomic mass is 9.88. The lowest BCUT2D eigenvalue weighted by Crippen LogP contribution is -2.38. The maximum atomic E-state index is 10.9. The third-order valence-corrected chi connectivity index (χ3v) is 4.74. The number of nitrogen functional groups attached to an aromatic ring is 1. The second-order valence-electron chi connectivity index (χ2n) is 6.32. The van der Waals surface area contributed by atoms with Gasteiger partial charge in [-0.05, 0) is 18.9 Å². The van der Waals surface area contributed by atoms with Crippen molar-refractivity contribution in [1.29, 1.82) is 0 Å². The average molecular weight is 312 g/mol. The predicted octanol–water partition coefficient (Wildman–Crippen LogP) is 1.79. The van der Waals surface area contributed by atoms with Crippen LogP contribution in [-0.4, -0.2) is 38.7 Å². The van der Waals surface area contributed by atoms with E-state index in [9.17, 15) is 5.11 Å². The van der Waals surface area contributed by atoms with Crippen LogP contribution in [-0.2, 0) is 18.2 Å². The minimum absolute atomic E-state index is 0.430. The first-order valence-electron chi connectivity index (χ1n) is 7.87. The molecule has 0 atom stereocenters. The van der Waals surface area contributed by atoms with Crippen LogP contribution in [0, 0.1) is 0 Å². The van der Waals surface area contributed by atoms with Crippen LogP contribution in [0.4, 0.5) is 5.82 Å². The van der Waals surface area contributed by atoms with Crippen LogP contribution in [0.3, 0.4) is 0 Å². The molecule has 4 rings (SSSR count). The van der Waals surface area contributed by atoms with Crippen molar-refractivity contribution in [2.75, 3.05) is 18.9 Å². The van der Waals surface area contributed by atoms with Gasteiger partial charge in [0, 0.05) is 43.1 Å². The minimum atomic E-state index is -0.752. The van der Waals surface area contributed by atoms with E-state index in [0.29, 0.717) is 43.8 Å². The molecule has 0 unspecified atom stereocenters. The number of aryl methyl sites for hydroxylation is 1. The molecule has 0 saturated carbocycles. The summed E-state index contributed by atoms with van der Waals surface area (Å²) >= 11 is 0. The maximum absolute atomic E-state index is 10.9. The predicted molar refractivity (Wildman–Crippen MR) is 89.1 cm³/mol. The molecule has 3 aromatic rings. The number of pyridine rings is 1. The Hall–Kier alpha value is -2.18. The smallest absolute Gasteiger partial charge is 0.152 e. The maximum Gasteiger partial charge on any atom is 0.152 e. The Bertz CT molecular complexity index is 881. The largest absolute Gasteiger partial charge is 0.389 e. The summed E-state index contributed by atoms with van der Waals surface area (Å²) in [7, 11) is 1.90. The van der Waals surface area contributed by atoms with Crippen LogP contribution in [0.25, 0.3) is 21.8 Å². The number of benzene rings is 1. The van der Waals surface area contributed by atoms with E-state index in [0.717, 1.165) is 22.0 Å². The molecule has 0 radical (unpaired) electrons. The topological polar surface area (TPSA) is 86.2 Å². The highest BCUT2D eigenvalue weighted by Gasteiger charge is 2.32. The third kappa shape index (κ3) is 2.34. The molecule has 1 saturated heterocycles. The summed E-state index contributed by atoms with van der Waals surface area (Å²) in [5.74, 6) is 0.430. The van der Waals surface area contributed by atoms with E-state index in [2.05, 4.69) is 10.1 Å². The van der Waals surface area contributed by atoms with Gasteiger partial charge in [-0.1, -0.05) is 18.2 Å². The molecule has 0 spiro atoms. The fraction of sp³-hybridized carbons (Fsp3) is 0.412. The van der Waals surface area contributed by atoms with Gasteiger partial charge in [0.05, 0.1) is 11.1 Å². The Balaban J connectivity index is 1.93. The first-order chi connectivity index (χ1) is 11.1. The Morgan fingerprint density at radius 2 is 2.04 bits per heavy atom. The first kappa shape index (κ1) is 14.4. The molecule has 120 valence electrons. The molecule has 1 aliphatic heterocycles. The fourth-order valence-electron chi connectivity index (χ4n) is 3.43. The lowest BCUT2D eigenvalue weighted by molar-refractivity contribution is -0.0633. The van der Waals surface area contributed by atoms with Crippen LogP contribution < -0.4 is 5.73 Å². The van der Waals surface area contributed by atoms with Crippen LogP contribution in [0.2, 0.25) is 0 Å². The zero-order valence-corrected chi connectivity index (χ0v) is 13.1. The lowest BCUT2D eigenvalue weighted by Gasteiger charge is -2.32. The van der Waals surface area contributed by atoms with Gasteiger partial charge in [-0.15, -0.1) is 0 Å². The molecule has 2 aromatic heterocycles. The molecular formula is C17H20N4O2. The average Bonchev–Trinajstić information content (AvgIpc) is 2.86. The number of anilines is 1. The number of ether oxygens (including phenoxy) is 1. The van der Waals surface area contributed by atoms with Crippen molar-refractivity contribution in [2.24, 2.45) is 7.05 Å². The quantitative estimate of drug-likeness (QED) is 0.753. The Kier molecular flexibility index (Phi) is 3.25. The van der Waals surface area contributed by atoms with Crippen molar-refractivity contribution < 1.29 is 9.84 Å². The third-order valence-electron chi connectivity index (χ3n) is 4.74. The fourth-order valence-corrected chi connectivity index (χ4v) is 3.43. The monoisotopic (exact) mass is 312 g/mol. The van der Waals surface area contributed by atoms with E-state index in [4.69, 9.17) is 10.5 Å². The molecule has 23 heavy (non-hydrogen) atoms. The van der Waals surface area contributed by atoms with E-state index in [1.807, 2.05) is 36.0 Å². The van der Waals surface area contributed by atoms with Gasteiger partial charge in [-0.2, -0.15) is 5.10 Å².